The molecule has 0 saturated carbocycles. The molecule has 0 N–H and O–H groups in total. The molecule has 0 aliphatic carbocycles. The Balaban J connectivity index is 0. The summed E-state index contributed by atoms with van der Waals surface area (Å²) < 4.78 is 74.0. The van der Waals surface area contributed by atoms with E-state index in [4.69, 9.17) is 0 Å². The molecular weight excluding hydrogens is 240 g/mol. The zero-order valence-electron chi connectivity index (χ0n) is 4.98. The quantitative estimate of drug-likeness (QED) is 0.446. The molecule has 0 bridgehead atoms. The Morgan fingerprint density at radius 1 is 0.917 bits per heavy atom. The van der Waals surface area contributed by atoms with Gasteiger partial charge in [-0.25, -0.2) is 0 Å². The zero-order valence-corrected chi connectivity index (χ0v) is 6.49. The third-order valence-electron chi connectivity index (χ3n) is 0.321. The molecule has 0 aliphatic rings. The SMILES string of the molecule is FC(F)(F)C(F)(F)Cl.FC(F)Cl. The summed E-state index contributed by atoms with van der Waals surface area (Å²) in [5.74, 6) is -2.69. The van der Waals surface area contributed by atoms with Crippen LogP contribution in [0.1, 0.15) is 0 Å². The third kappa shape index (κ3) is 10.1. The summed E-state index contributed by atoms with van der Waals surface area (Å²) in [6.45, 7) is 0. The van der Waals surface area contributed by atoms with Crippen LogP contribution in [-0.2, 0) is 0 Å². The van der Waals surface area contributed by atoms with E-state index in [-0.39, 0.29) is 0 Å². The van der Waals surface area contributed by atoms with Gasteiger partial charge in [-0.1, -0.05) is 11.6 Å². The minimum atomic E-state index is -5.63. The van der Waals surface area contributed by atoms with Gasteiger partial charge in [-0.2, -0.15) is 30.7 Å². The van der Waals surface area contributed by atoms with Crippen molar-refractivity contribution in [3.8, 4) is 0 Å². The van der Waals surface area contributed by atoms with Crippen LogP contribution >= 0.6 is 23.2 Å². The molecule has 0 heterocycles. The Hall–Kier alpha value is 0.0900. The van der Waals surface area contributed by atoms with E-state index >= 15 is 0 Å². The van der Waals surface area contributed by atoms with Gasteiger partial charge in [0.05, 0.1) is 0 Å². The predicted octanol–water partition coefficient (Wildman–Crippen LogP) is 3.83. The summed E-state index contributed by atoms with van der Waals surface area (Å²) >= 11 is 7.49. The molecular formula is C3HCl2F7. The average Bonchev–Trinajstić information content (AvgIpc) is 1.55. The second-order valence-corrected chi connectivity index (χ2v) is 2.05. The fourth-order valence-corrected chi connectivity index (χ4v) is 0. The van der Waals surface area contributed by atoms with Crippen molar-refractivity contribution in [2.45, 2.75) is 17.4 Å². The summed E-state index contributed by atoms with van der Waals surface area (Å²) in [6.07, 6.45) is -5.63. The first-order valence-corrected chi connectivity index (χ1v) is 2.85. The lowest BCUT2D eigenvalue weighted by molar-refractivity contribution is -0.241. The van der Waals surface area contributed by atoms with Crippen molar-refractivity contribution in [3.63, 3.8) is 0 Å². The van der Waals surface area contributed by atoms with Gasteiger partial charge >= 0.3 is 17.4 Å². The summed E-state index contributed by atoms with van der Waals surface area (Å²) in [4.78, 5) is 0. The van der Waals surface area contributed by atoms with E-state index in [1.165, 1.54) is 0 Å². The third-order valence-corrected chi connectivity index (χ3v) is 0.536. The van der Waals surface area contributed by atoms with E-state index in [1.807, 2.05) is 0 Å². The van der Waals surface area contributed by atoms with Crippen LogP contribution in [0.2, 0.25) is 0 Å². The second kappa shape index (κ2) is 4.96. The van der Waals surface area contributed by atoms with Gasteiger partial charge in [0.15, 0.2) is 0 Å². The van der Waals surface area contributed by atoms with Crippen molar-refractivity contribution in [2.75, 3.05) is 0 Å². The van der Waals surface area contributed by atoms with Gasteiger partial charge < -0.3 is 0 Å². The van der Waals surface area contributed by atoms with Crippen LogP contribution in [0.25, 0.3) is 0 Å². The first kappa shape index (κ1) is 14.6. The molecule has 0 aromatic heterocycles. The summed E-state index contributed by atoms with van der Waals surface area (Å²) in [5.41, 5.74) is 0. The molecule has 0 aromatic carbocycles. The molecule has 0 aliphatic heterocycles. The maximum Gasteiger partial charge on any atom is 0.469 e. The standard InChI is InChI=1S/C2ClF5.CHClF2/c3-1(4,5)2(6,7)8;2-1(3)4/h;1H. The second-order valence-electron chi connectivity index (χ2n) is 1.24. The monoisotopic (exact) mass is 240 g/mol. The predicted molar refractivity (Wildman–Crippen MR) is 28.7 cm³/mol. The van der Waals surface area contributed by atoms with Gasteiger partial charge in [-0.05, 0) is 11.6 Å². The molecule has 0 nitrogen and oxygen atoms in total. The number of alkyl halides is 9. The summed E-state index contributed by atoms with van der Waals surface area (Å²) in [7, 11) is 0. The highest BCUT2D eigenvalue weighted by Gasteiger charge is 2.56. The smallest absolute Gasteiger partial charge is 0.192 e. The Labute approximate surface area is 72.2 Å². The molecule has 9 heteroatoms. The maximum atomic E-state index is 10.9. The number of halogens is 9. The normalized spacial score (nSPS) is 12.5. The van der Waals surface area contributed by atoms with Crippen LogP contribution in [-0.4, -0.2) is 17.4 Å². The van der Waals surface area contributed by atoms with Crippen LogP contribution in [0.15, 0.2) is 0 Å². The lowest BCUT2D eigenvalue weighted by Crippen LogP contribution is -2.29. The van der Waals surface area contributed by atoms with E-state index in [0.717, 1.165) is 0 Å². The number of hydrogen-bond donors (Lipinski definition) is 0. The molecule has 0 saturated heterocycles. The highest BCUT2D eigenvalue weighted by Crippen LogP contribution is 2.38. The largest absolute Gasteiger partial charge is 0.469 e. The van der Waals surface area contributed by atoms with Gasteiger partial charge in [0, 0.05) is 0 Å². The van der Waals surface area contributed by atoms with Crippen LogP contribution in [0.3, 0.4) is 0 Å². The maximum absolute atomic E-state index is 10.9. The molecule has 0 atom stereocenters. The molecule has 0 amide bonds. The molecule has 0 fully saturated rings. The Kier molecular flexibility index (Phi) is 6.03. The van der Waals surface area contributed by atoms with Gasteiger partial charge in [0.1, 0.15) is 0 Å². The van der Waals surface area contributed by atoms with E-state index in [0.29, 0.717) is 0 Å². The fourth-order valence-electron chi connectivity index (χ4n) is 0. The van der Waals surface area contributed by atoms with Crippen molar-refractivity contribution < 1.29 is 30.7 Å². The van der Waals surface area contributed by atoms with Gasteiger partial charge in [0.25, 0.3) is 0 Å². The molecule has 0 radical (unpaired) electrons. The number of rotatable bonds is 0. The molecule has 0 aromatic rings. The van der Waals surface area contributed by atoms with Crippen LogP contribution in [0.5, 0.6) is 0 Å². The highest BCUT2D eigenvalue weighted by atomic mass is 35.5. The minimum absolute atomic E-state index is 2.69. The molecule has 12 heavy (non-hydrogen) atoms. The first-order chi connectivity index (χ1) is 4.98. The topological polar surface area (TPSA) is 0 Å². The Morgan fingerprint density at radius 2 is 1.00 bits per heavy atom. The Morgan fingerprint density at radius 3 is 1.00 bits per heavy atom. The van der Waals surface area contributed by atoms with Crippen LogP contribution in [0.4, 0.5) is 30.7 Å². The first-order valence-electron chi connectivity index (χ1n) is 2.04. The molecule has 0 rings (SSSR count). The highest BCUT2D eigenvalue weighted by molar-refractivity contribution is 6.22. The van der Waals surface area contributed by atoms with Gasteiger partial charge in [-0.15, -0.1) is 0 Å². The average molecular weight is 241 g/mol. The van der Waals surface area contributed by atoms with Crippen molar-refractivity contribution in [1.82, 2.24) is 0 Å². The molecule has 0 spiro atoms. The van der Waals surface area contributed by atoms with E-state index in [9.17, 15) is 30.7 Å². The van der Waals surface area contributed by atoms with Crippen LogP contribution in [0, 0.1) is 0 Å². The zero-order chi connectivity index (χ0) is 10.6. The van der Waals surface area contributed by atoms with Crippen molar-refractivity contribution in [1.29, 1.82) is 0 Å². The van der Waals surface area contributed by atoms with Crippen LogP contribution < -0.4 is 0 Å². The summed E-state index contributed by atoms with van der Waals surface area (Å²) in [5, 5.41) is -5.09. The van der Waals surface area contributed by atoms with Gasteiger partial charge in [-0.3, -0.25) is 0 Å². The van der Waals surface area contributed by atoms with Crippen molar-refractivity contribution >= 4 is 23.2 Å². The van der Waals surface area contributed by atoms with Crippen molar-refractivity contribution in [2.24, 2.45) is 0 Å². The van der Waals surface area contributed by atoms with E-state index < -0.39 is 17.4 Å². The molecule has 76 valence electrons. The van der Waals surface area contributed by atoms with E-state index in [1.54, 1.807) is 0 Å². The number of hydrogen-bond acceptors (Lipinski definition) is 0. The van der Waals surface area contributed by atoms with Crippen molar-refractivity contribution in [3.05, 3.63) is 0 Å². The Bertz CT molecular complexity index is 98.0. The fraction of sp³-hybridized carbons (Fsp3) is 1.00. The lowest BCUT2D eigenvalue weighted by Gasteiger charge is -2.10. The minimum Gasteiger partial charge on any atom is -0.192 e. The lowest BCUT2D eigenvalue weighted by atomic mass is 10.7. The van der Waals surface area contributed by atoms with E-state index in [2.05, 4.69) is 23.2 Å². The van der Waals surface area contributed by atoms with Gasteiger partial charge in [0.2, 0.25) is 0 Å². The molecule has 0 unspecified atom stereocenters. The summed E-state index contributed by atoms with van der Waals surface area (Å²) in [6, 6.07) is 0.